The van der Waals surface area contributed by atoms with E-state index in [1.54, 1.807) is 11.3 Å². The zero-order valence-corrected chi connectivity index (χ0v) is 12.2. The van der Waals surface area contributed by atoms with Crippen molar-refractivity contribution in [3.8, 4) is 0 Å². The lowest BCUT2D eigenvalue weighted by molar-refractivity contribution is 0.364. The normalized spacial score (nSPS) is 14.7. The molecule has 0 saturated heterocycles. The van der Waals surface area contributed by atoms with Gasteiger partial charge in [0.1, 0.15) is 0 Å². The zero-order chi connectivity index (χ0) is 13.1. The lowest BCUT2D eigenvalue weighted by Crippen LogP contribution is -2.33. The Morgan fingerprint density at radius 3 is 2.72 bits per heavy atom. The summed E-state index contributed by atoms with van der Waals surface area (Å²) in [6.07, 6.45) is 3.98. The molecule has 0 bridgehead atoms. The molecule has 2 heterocycles. The van der Waals surface area contributed by atoms with Crippen LogP contribution in [0, 0.1) is 13.8 Å². The Kier molecular flexibility index (Phi) is 4.14. The third-order valence-corrected chi connectivity index (χ3v) is 3.97. The van der Waals surface area contributed by atoms with E-state index in [-0.39, 0.29) is 0 Å². The number of aromatic nitrogens is 3. The molecule has 1 N–H and O–H groups in total. The van der Waals surface area contributed by atoms with Gasteiger partial charge < -0.3 is 5.32 Å². The predicted molar refractivity (Wildman–Crippen MR) is 74.8 cm³/mol. The molecule has 0 aliphatic heterocycles. The number of nitrogens with zero attached hydrogens (tertiary/aromatic N) is 3. The second-order valence-corrected chi connectivity index (χ2v) is 5.83. The highest BCUT2D eigenvalue weighted by Gasteiger charge is 2.14. The van der Waals surface area contributed by atoms with Crippen LogP contribution in [-0.4, -0.2) is 20.8 Å². The Hall–Kier alpha value is -1.20. The van der Waals surface area contributed by atoms with Crippen molar-refractivity contribution in [1.82, 2.24) is 20.1 Å². The van der Waals surface area contributed by atoms with Crippen molar-refractivity contribution < 1.29 is 0 Å². The average Bonchev–Trinajstić information content (AvgIpc) is 2.94. The van der Waals surface area contributed by atoms with E-state index >= 15 is 0 Å². The maximum atomic E-state index is 4.45. The standard InChI is InChI=1S/C13H20N4S/c1-9-5-15-17(7-9)11(3)10(2)14-6-13-8-18-12(4)16-13/h5,7-8,10-11,14H,6H2,1-4H3/t10-,11-/m1/s1. The van der Waals surface area contributed by atoms with E-state index < -0.39 is 0 Å². The Balaban J connectivity index is 1.89. The van der Waals surface area contributed by atoms with Crippen molar-refractivity contribution in [2.75, 3.05) is 0 Å². The first-order valence-electron chi connectivity index (χ1n) is 6.21. The summed E-state index contributed by atoms with van der Waals surface area (Å²) < 4.78 is 2.01. The molecule has 18 heavy (non-hydrogen) atoms. The highest BCUT2D eigenvalue weighted by molar-refractivity contribution is 7.09. The van der Waals surface area contributed by atoms with Crippen molar-refractivity contribution in [3.05, 3.63) is 34.0 Å². The number of rotatable bonds is 5. The van der Waals surface area contributed by atoms with Crippen LogP contribution in [0.3, 0.4) is 0 Å². The van der Waals surface area contributed by atoms with Gasteiger partial charge in [-0.2, -0.15) is 5.10 Å². The first-order chi connectivity index (χ1) is 8.56. The largest absolute Gasteiger partial charge is 0.306 e. The van der Waals surface area contributed by atoms with E-state index in [1.807, 2.05) is 17.8 Å². The van der Waals surface area contributed by atoms with E-state index in [1.165, 1.54) is 5.56 Å². The third kappa shape index (κ3) is 3.17. The molecule has 0 fully saturated rings. The van der Waals surface area contributed by atoms with Crippen molar-refractivity contribution in [3.63, 3.8) is 0 Å². The summed E-state index contributed by atoms with van der Waals surface area (Å²) in [5, 5.41) is 11.1. The van der Waals surface area contributed by atoms with Crippen molar-refractivity contribution >= 4 is 11.3 Å². The minimum absolute atomic E-state index is 0.332. The fourth-order valence-electron chi connectivity index (χ4n) is 1.81. The quantitative estimate of drug-likeness (QED) is 0.903. The monoisotopic (exact) mass is 264 g/mol. The number of thiazole rings is 1. The van der Waals surface area contributed by atoms with Crippen molar-refractivity contribution in [2.24, 2.45) is 0 Å². The Labute approximate surface area is 112 Å². The van der Waals surface area contributed by atoms with Gasteiger partial charge in [-0.05, 0) is 33.3 Å². The number of hydrogen-bond acceptors (Lipinski definition) is 4. The van der Waals surface area contributed by atoms with E-state index in [0.29, 0.717) is 12.1 Å². The fourth-order valence-corrected chi connectivity index (χ4v) is 2.42. The molecule has 0 radical (unpaired) electrons. The first kappa shape index (κ1) is 13.2. The molecule has 2 aromatic heterocycles. The van der Waals surface area contributed by atoms with Crippen LogP contribution in [0.4, 0.5) is 0 Å². The average molecular weight is 264 g/mol. The van der Waals surface area contributed by atoms with Gasteiger partial charge in [-0.25, -0.2) is 4.98 Å². The smallest absolute Gasteiger partial charge is 0.0897 e. The van der Waals surface area contributed by atoms with Crippen LogP contribution < -0.4 is 5.32 Å². The molecule has 0 aliphatic carbocycles. The third-order valence-electron chi connectivity index (χ3n) is 3.14. The molecular formula is C13H20N4S. The molecule has 0 amide bonds. The molecule has 2 rings (SSSR count). The van der Waals surface area contributed by atoms with Crippen LogP contribution in [0.25, 0.3) is 0 Å². The molecule has 5 heteroatoms. The summed E-state index contributed by atoms with van der Waals surface area (Å²) >= 11 is 1.70. The SMILES string of the molecule is Cc1cnn([C@H](C)[C@@H](C)NCc2csc(C)n2)c1. The molecule has 2 aromatic rings. The first-order valence-corrected chi connectivity index (χ1v) is 7.09. The molecule has 0 aromatic carbocycles. The molecule has 4 nitrogen and oxygen atoms in total. The number of nitrogens with one attached hydrogen (secondary N) is 1. The number of hydrogen-bond donors (Lipinski definition) is 1. The maximum Gasteiger partial charge on any atom is 0.0897 e. The van der Waals surface area contributed by atoms with Crippen molar-refractivity contribution in [1.29, 1.82) is 0 Å². The summed E-state index contributed by atoms with van der Waals surface area (Å²) in [6, 6.07) is 0.685. The van der Waals surface area contributed by atoms with Crippen molar-refractivity contribution in [2.45, 2.75) is 46.3 Å². The summed E-state index contributed by atoms with van der Waals surface area (Å²) in [5.41, 5.74) is 2.32. The fraction of sp³-hybridized carbons (Fsp3) is 0.538. The lowest BCUT2D eigenvalue weighted by atomic mass is 10.1. The van der Waals surface area contributed by atoms with E-state index in [9.17, 15) is 0 Å². The summed E-state index contributed by atoms with van der Waals surface area (Å²) in [5.74, 6) is 0. The minimum Gasteiger partial charge on any atom is -0.306 e. The van der Waals surface area contributed by atoms with Gasteiger partial charge in [0, 0.05) is 24.2 Å². The van der Waals surface area contributed by atoms with Crippen LogP contribution in [0.1, 0.15) is 36.2 Å². The molecule has 0 aliphatic rings. The Bertz CT molecular complexity index is 503. The van der Waals surface area contributed by atoms with Gasteiger partial charge in [0.25, 0.3) is 0 Å². The lowest BCUT2D eigenvalue weighted by Gasteiger charge is -2.21. The summed E-state index contributed by atoms with van der Waals surface area (Å²) in [6.45, 7) is 9.27. The number of aryl methyl sites for hydroxylation is 2. The van der Waals surface area contributed by atoms with E-state index in [2.05, 4.69) is 47.7 Å². The molecule has 2 atom stereocenters. The van der Waals surface area contributed by atoms with Gasteiger partial charge in [0.05, 0.1) is 22.9 Å². The molecule has 0 saturated carbocycles. The second kappa shape index (κ2) is 5.63. The summed E-state index contributed by atoms with van der Waals surface area (Å²) in [4.78, 5) is 4.45. The summed E-state index contributed by atoms with van der Waals surface area (Å²) in [7, 11) is 0. The zero-order valence-electron chi connectivity index (χ0n) is 11.3. The van der Waals surface area contributed by atoms with Gasteiger partial charge >= 0.3 is 0 Å². The molecular weight excluding hydrogens is 244 g/mol. The molecule has 98 valence electrons. The highest BCUT2D eigenvalue weighted by atomic mass is 32.1. The Morgan fingerprint density at radius 1 is 1.39 bits per heavy atom. The van der Waals surface area contributed by atoms with Gasteiger partial charge in [-0.3, -0.25) is 4.68 Å². The minimum atomic E-state index is 0.332. The predicted octanol–water partition coefficient (Wildman–Crippen LogP) is 2.70. The Morgan fingerprint density at radius 2 is 2.17 bits per heavy atom. The van der Waals surface area contributed by atoms with Crippen LogP contribution in [0.5, 0.6) is 0 Å². The second-order valence-electron chi connectivity index (χ2n) is 4.77. The van der Waals surface area contributed by atoms with Gasteiger partial charge in [0.15, 0.2) is 0 Å². The molecule has 0 spiro atoms. The highest BCUT2D eigenvalue weighted by Crippen LogP contribution is 2.12. The van der Waals surface area contributed by atoms with Crippen LogP contribution in [0.15, 0.2) is 17.8 Å². The maximum absolute atomic E-state index is 4.45. The molecule has 0 unspecified atom stereocenters. The van der Waals surface area contributed by atoms with Crippen LogP contribution in [0.2, 0.25) is 0 Å². The van der Waals surface area contributed by atoms with Gasteiger partial charge in [-0.1, -0.05) is 0 Å². The topological polar surface area (TPSA) is 42.7 Å². The van der Waals surface area contributed by atoms with Gasteiger partial charge in [-0.15, -0.1) is 11.3 Å². The van der Waals surface area contributed by atoms with Gasteiger partial charge in [0.2, 0.25) is 0 Å². The van der Waals surface area contributed by atoms with Crippen LogP contribution >= 0.6 is 11.3 Å². The van der Waals surface area contributed by atoms with Crippen LogP contribution in [-0.2, 0) is 6.54 Å². The van der Waals surface area contributed by atoms with E-state index in [4.69, 9.17) is 0 Å². The van der Waals surface area contributed by atoms with E-state index in [0.717, 1.165) is 17.2 Å².